The fraction of sp³-hybridized carbons (Fsp3) is 0.875. The summed E-state index contributed by atoms with van der Waals surface area (Å²) in [4.78, 5) is 10.5. The molecule has 4 heteroatoms. The largest absolute Gasteiger partial charge is 0.356 e. The third-order valence-electron chi connectivity index (χ3n) is 1.43. The Hall–Kier alpha value is -0.220. The number of amides is 1. The molecule has 0 saturated carbocycles. The SMILES string of the molecule is CC(=O)NCCSCC(C)CN. The van der Waals surface area contributed by atoms with Gasteiger partial charge < -0.3 is 11.1 Å². The van der Waals surface area contributed by atoms with Crippen molar-refractivity contribution in [1.29, 1.82) is 0 Å². The summed E-state index contributed by atoms with van der Waals surface area (Å²) >= 11 is 1.83. The van der Waals surface area contributed by atoms with E-state index >= 15 is 0 Å². The summed E-state index contributed by atoms with van der Waals surface area (Å²) in [5, 5.41) is 2.75. The normalized spacial score (nSPS) is 12.6. The van der Waals surface area contributed by atoms with E-state index in [1.54, 1.807) is 0 Å². The quantitative estimate of drug-likeness (QED) is 0.598. The Morgan fingerprint density at radius 2 is 2.33 bits per heavy atom. The summed E-state index contributed by atoms with van der Waals surface area (Å²) in [6.45, 7) is 5.17. The maximum atomic E-state index is 10.5. The van der Waals surface area contributed by atoms with Gasteiger partial charge in [-0.3, -0.25) is 4.79 Å². The number of nitrogens with one attached hydrogen (secondary N) is 1. The molecule has 1 unspecified atom stereocenters. The summed E-state index contributed by atoms with van der Waals surface area (Å²) in [6, 6.07) is 0. The number of hydrogen-bond donors (Lipinski definition) is 2. The van der Waals surface area contributed by atoms with Crippen molar-refractivity contribution in [2.75, 3.05) is 24.6 Å². The van der Waals surface area contributed by atoms with E-state index in [9.17, 15) is 4.79 Å². The van der Waals surface area contributed by atoms with Gasteiger partial charge in [0.1, 0.15) is 0 Å². The molecule has 0 radical (unpaired) electrons. The van der Waals surface area contributed by atoms with E-state index < -0.39 is 0 Å². The molecular formula is C8H18N2OS. The van der Waals surface area contributed by atoms with Gasteiger partial charge >= 0.3 is 0 Å². The molecule has 0 aliphatic heterocycles. The monoisotopic (exact) mass is 190 g/mol. The Morgan fingerprint density at radius 1 is 1.67 bits per heavy atom. The zero-order valence-electron chi connectivity index (χ0n) is 7.80. The zero-order chi connectivity index (χ0) is 9.40. The third-order valence-corrected chi connectivity index (χ3v) is 2.72. The van der Waals surface area contributed by atoms with Crippen molar-refractivity contribution in [3.05, 3.63) is 0 Å². The Morgan fingerprint density at radius 3 is 2.83 bits per heavy atom. The van der Waals surface area contributed by atoms with Crippen molar-refractivity contribution in [2.24, 2.45) is 11.7 Å². The highest BCUT2D eigenvalue weighted by Gasteiger charge is 1.98. The van der Waals surface area contributed by atoms with Crippen LogP contribution in [0.4, 0.5) is 0 Å². The standard InChI is InChI=1S/C8H18N2OS/c1-7(5-9)6-12-4-3-10-8(2)11/h7H,3-6,9H2,1-2H3,(H,10,11). The minimum absolute atomic E-state index is 0.0440. The van der Waals surface area contributed by atoms with E-state index in [1.807, 2.05) is 11.8 Å². The Bertz CT molecular complexity index is 130. The number of carbonyl (C=O) groups is 1. The topological polar surface area (TPSA) is 55.1 Å². The average Bonchev–Trinajstić information content (AvgIpc) is 2.03. The fourth-order valence-corrected chi connectivity index (χ4v) is 1.60. The number of hydrogen-bond acceptors (Lipinski definition) is 3. The molecule has 0 aliphatic carbocycles. The second kappa shape index (κ2) is 7.43. The van der Waals surface area contributed by atoms with E-state index in [0.717, 1.165) is 24.6 Å². The van der Waals surface area contributed by atoms with Crippen LogP contribution in [0.5, 0.6) is 0 Å². The minimum atomic E-state index is 0.0440. The molecule has 0 saturated heterocycles. The molecule has 0 heterocycles. The molecule has 12 heavy (non-hydrogen) atoms. The second-order valence-corrected chi connectivity index (χ2v) is 4.05. The molecule has 0 spiro atoms. The number of nitrogens with two attached hydrogens (primary N) is 1. The van der Waals surface area contributed by atoms with Crippen LogP contribution in [0.25, 0.3) is 0 Å². The summed E-state index contributed by atoms with van der Waals surface area (Å²) in [5.41, 5.74) is 5.45. The smallest absolute Gasteiger partial charge is 0.216 e. The van der Waals surface area contributed by atoms with Crippen molar-refractivity contribution in [2.45, 2.75) is 13.8 Å². The summed E-state index contributed by atoms with van der Waals surface area (Å²) in [6.07, 6.45) is 0. The van der Waals surface area contributed by atoms with Crippen LogP contribution in [0.2, 0.25) is 0 Å². The van der Waals surface area contributed by atoms with Gasteiger partial charge in [0.15, 0.2) is 0 Å². The molecular weight excluding hydrogens is 172 g/mol. The van der Waals surface area contributed by atoms with Gasteiger partial charge in [-0.1, -0.05) is 6.92 Å². The average molecular weight is 190 g/mol. The molecule has 0 aromatic heterocycles. The van der Waals surface area contributed by atoms with Gasteiger partial charge in [0.25, 0.3) is 0 Å². The molecule has 3 N–H and O–H groups in total. The van der Waals surface area contributed by atoms with E-state index in [0.29, 0.717) is 5.92 Å². The predicted molar refractivity (Wildman–Crippen MR) is 54.2 cm³/mol. The first-order valence-corrected chi connectivity index (χ1v) is 5.34. The minimum Gasteiger partial charge on any atom is -0.356 e. The van der Waals surface area contributed by atoms with Gasteiger partial charge in [-0.25, -0.2) is 0 Å². The maximum Gasteiger partial charge on any atom is 0.216 e. The van der Waals surface area contributed by atoms with Crippen LogP contribution in [0.1, 0.15) is 13.8 Å². The van der Waals surface area contributed by atoms with Gasteiger partial charge in [-0.15, -0.1) is 0 Å². The van der Waals surface area contributed by atoms with Crippen LogP contribution < -0.4 is 11.1 Å². The van der Waals surface area contributed by atoms with Gasteiger partial charge in [0, 0.05) is 19.2 Å². The molecule has 72 valence electrons. The highest BCUT2D eigenvalue weighted by atomic mass is 32.2. The first-order chi connectivity index (χ1) is 5.66. The highest BCUT2D eigenvalue weighted by molar-refractivity contribution is 7.99. The zero-order valence-corrected chi connectivity index (χ0v) is 8.62. The first kappa shape index (κ1) is 11.8. The van der Waals surface area contributed by atoms with Gasteiger partial charge in [0.2, 0.25) is 5.91 Å². The molecule has 1 atom stereocenters. The molecule has 0 rings (SSSR count). The molecule has 0 aliphatic rings. The van der Waals surface area contributed by atoms with E-state index in [4.69, 9.17) is 5.73 Å². The molecule has 0 bridgehead atoms. The van der Waals surface area contributed by atoms with Crippen LogP contribution in [0, 0.1) is 5.92 Å². The summed E-state index contributed by atoms with van der Waals surface area (Å²) < 4.78 is 0. The van der Waals surface area contributed by atoms with Crippen LogP contribution in [0.15, 0.2) is 0 Å². The first-order valence-electron chi connectivity index (χ1n) is 4.19. The Kier molecular flexibility index (Phi) is 7.29. The highest BCUT2D eigenvalue weighted by Crippen LogP contribution is 2.05. The lowest BCUT2D eigenvalue weighted by Crippen LogP contribution is -2.23. The number of carbonyl (C=O) groups excluding carboxylic acids is 1. The molecule has 0 aromatic rings. The Labute approximate surface area is 78.5 Å². The summed E-state index contributed by atoms with van der Waals surface area (Å²) in [7, 11) is 0. The van der Waals surface area contributed by atoms with Crippen molar-refractivity contribution >= 4 is 17.7 Å². The lowest BCUT2D eigenvalue weighted by molar-refractivity contribution is -0.118. The maximum absolute atomic E-state index is 10.5. The molecule has 3 nitrogen and oxygen atoms in total. The molecule has 1 amide bonds. The van der Waals surface area contributed by atoms with Crippen LogP contribution in [-0.4, -0.2) is 30.5 Å². The van der Waals surface area contributed by atoms with Crippen LogP contribution in [-0.2, 0) is 4.79 Å². The number of thioether (sulfide) groups is 1. The molecule has 0 aromatic carbocycles. The van der Waals surface area contributed by atoms with Crippen LogP contribution >= 0.6 is 11.8 Å². The lowest BCUT2D eigenvalue weighted by atomic mass is 10.2. The van der Waals surface area contributed by atoms with Crippen LogP contribution in [0.3, 0.4) is 0 Å². The second-order valence-electron chi connectivity index (χ2n) is 2.90. The predicted octanol–water partition coefficient (Wildman–Crippen LogP) is 0.451. The molecule has 0 fully saturated rings. The van der Waals surface area contributed by atoms with E-state index in [2.05, 4.69) is 12.2 Å². The fourth-order valence-electron chi connectivity index (χ4n) is 0.652. The lowest BCUT2D eigenvalue weighted by Gasteiger charge is -2.07. The van der Waals surface area contributed by atoms with Gasteiger partial charge in [0.05, 0.1) is 0 Å². The van der Waals surface area contributed by atoms with Crippen molar-refractivity contribution < 1.29 is 4.79 Å². The third kappa shape index (κ3) is 7.88. The van der Waals surface area contributed by atoms with Crippen molar-refractivity contribution in [3.8, 4) is 0 Å². The van der Waals surface area contributed by atoms with Crippen molar-refractivity contribution in [3.63, 3.8) is 0 Å². The Balaban J connectivity index is 3.05. The number of rotatable bonds is 6. The van der Waals surface area contributed by atoms with E-state index in [1.165, 1.54) is 6.92 Å². The van der Waals surface area contributed by atoms with Gasteiger partial charge in [-0.2, -0.15) is 11.8 Å². The van der Waals surface area contributed by atoms with E-state index in [-0.39, 0.29) is 5.91 Å². The van der Waals surface area contributed by atoms with Gasteiger partial charge in [-0.05, 0) is 18.2 Å². The summed E-state index contributed by atoms with van der Waals surface area (Å²) in [5.74, 6) is 2.68. The van der Waals surface area contributed by atoms with Crippen molar-refractivity contribution in [1.82, 2.24) is 5.32 Å².